The molecular weight excluding hydrogens is 240 g/mol. The van der Waals surface area contributed by atoms with E-state index in [0.717, 1.165) is 18.4 Å². The largest absolute Gasteiger partial charge is 0.575 e. The molecule has 17 heavy (non-hydrogen) atoms. The summed E-state index contributed by atoms with van der Waals surface area (Å²) in [5, 5.41) is 0. The SMILES string of the molecule is O=C(CCCC[N-]Cl)NOCc1ccccc1. The summed E-state index contributed by atoms with van der Waals surface area (Å²) in [7, 11) is 0. The van der Waals surface area contributed by atoms with Crippen LogP contribution >= 0.6 is 11.8 Å². The van der Waals surface area contributed by atoms with E-state index < -0.39 is 0 Å². The molecule has 0 atom stereocenters. The van der Waals surface area contributed by atoms with Gasteiger partial charge in [-0.3, -0.25) is 21.4 Å². The van der Waals surface area contributed by atoms with E-state index in [2.05, 4.69) is 10.3 Å². The molecule has 94 valence electrons. The standard InChI is InChI=1S/C12H16ClN2O2/c13-14-9-5-4-8-12(16)15-17-10-11-6-2-1-3-7-11/h1-3,6-7H,4-5,8-10H2,(H,15,16)/q-1. The predicted octanol–water partition coefficient (Wildman–Crippen LogP) is 2.93. The molecule has 0 heterocycles. The number of hydrogen-bond donors (Lipinski definition) is 1. The first-order chi connectivity index (χ1) is 8.33. The fourth-order valence-corrected chi connectivity index (χ4v) is 1.40. The van der Waals surface area contributed by atoms with E-state index in [1.807, 2.05) is 30.3 Å². The number of nitrogens with zero attached hydrogens (tertiary/aromatic N) is 1. The van der Waals surface area contributed by atoms with Crippen LogP contribution in [0.4, 0.5) is 0 Å². The van der Waals surface area contributed by atoms with Crippen LogP contribution in [0.5, 0.6) is 0 Å². The highest BCUT2D eigenvalue weighted by Gasteiger charge is 1.99. The molecular formula is C12H16ClN2O2-. The number of carbonyl (C=O) groups is 1. The number of benzene rings is 1. The third-order valence-electron chi connectivity index (χ3n) is 2.16. The van der Waals surface area contributed by atoms with Crippen LogP contribution in [-0.2, 0) is 16.2 Å². The quantitative estimate of drug-likeness (QED) is 0.574. The zero-order valence-electron chi connectivity index (χ0n) is 9.56. The smallest absolute Gasteiger partial charge is 0.243 e. The van der Waals surface area contributed by atoms with Crippen LogP contribution in [0.1, 0.15) is 24.8 Å². The Morgan fingerprint density at radius 1 is 1.29 bits per heavy atom. The molecule has 0 aliphatic carbocycles. The molecule has 0 radical (unpaired) electrons. The predicted molar refractivity (Wildman–Crippen MR) is 67.3 cm³/mol. The first kappa shape index (κ1) is 14.0. The normalized spacial score (nSPS) is 10.2. The molecule has 1 rings (SSSR count). The molecule has 0 fully saturated rings. The minimum Gasteiger partial charge on any atom is -0.575 e. The molecule has 0 saturated heterocycles. The van der Waals surface area contributed by atoms with Crippen LogP contribution in [-0.4, -0.2) is 12.5 Å². The van der Waals surface area contributed by atoms with Crippen LogP contribution in [0.25, 0.3) is 4.84 Å². The minimum absolute atomic E-state index is 0.115. The Bertz CT molecular complexity index is 320. The van der Waals surface area contributed by atoms with E-state index in [9.17, 15) is 4.79 Å². The number of halogens is 1. The molecule has 1 aromatic rings. The Morgan fingerprint density at radius 3 is 2.76 bits per heavy atom. The van der Waals surface area contributed by atoms with Crippen molar-refractivity contribution < 1.29 is 9.63 Å². The van der Waals surface area contributed by atoms with Gasteiger partial charge in [0.15, 0.2) is 0 Å². The second-order valence-corrected chi connectivity index (χ2v) is 3.84. The van der Waals surface area contributed by atoms with Crippen molar-refractivity contribution in [2.75, 3.05) is 6.54 Å². The van der Waals surface area contributed by atoms with E-state index in [1.54, 1.807) is 0 Å². The third kappa shape index (κ3) is 6.94. The molecule has 0 saturated carbocycles. The minimum atomic E-state index is -0.115. The molecule has 0 aliphatic heterocycles. The van der Waals surface area contributed by atoms with Gasteiger partial charge in [-0.2, -0.15) is 0 Å². The van der Waals surface area contributed by atoms with Crippen molar-refractivity contribution in [3.63, 3.8) is 0 Å². The number of hydroxylamine groups is 1. The lowest BCUT2D eigenvalue weighted by atomic mass is 10.2. The van der Waals surface area contributed by atoms with E-state index in [4.69, 9.17) is 16.6 Å². The summed E-state index contributed by atoms with van der Waals surface area (Å²) >= 11 is 5.17. The van der Waals surface area contributed by atoms with Crippen molar-refractivity contribution in [1.29, 1.82) is 0 Å². The summed E-state index contributed by atoms with van der Waals surface area (Å²) in [4.78, 5) is 19.8. The molecule has 0 unspecified atom stereocenters. The maximum atomic E-state index is 11.3. The highest BCUT2D eigenvalue weighted by Crippen LogP contribution is 2.02. The Labute approximate surface area is 106 Å². The van der Waals surface area contributed by atoms with Gasteiger partial charge in [0.25, 0.3) is 0 Å². The van der Waals surface area contributed by atoms with Crippen LogP contribution in [0.15, 0.2) is 30.3 Å². The average Bonchev–Trinajstić information content (AvgIpc) is 2.36. The van der Waals surface area contributed by atoms with E-state index in [0.29, 0.717) is 19.6 Å². The van der Waals surface area contributed by atoms with Crippen LogP contribution in [0.3, 0.4) is 0 Å². The van der Waals surface area contributed by atoms with Crippen molar-refractivity contribution in [2.45, 2.75) is 25.9 Å². The monoisotopic (exact) mass is 255 g/mol. The number of unbranched alkanes of at least 4 members (excludes halogenated alkanes) is 1. The van der Waals surface area contributed by atoms with Gasteiger partial charge in [0.1, 0.15) is 0 Å². The molecule has 4 nitrogen and oxygen atoms in total. The summed E-state index contributed by atoms with van der Waals surface area (Å²) in [6.45, 7) is 0.962. The average molecular weight is 256 g/mol. The topological polar surface area (TPSA) is 52.4 Å². The van der Waals surface area contributed by atoms with Gasteiger partial charge in [-0.1, -0.05) is 36.8 Å². The lowest BCUT2D eigenvalue weighted by Gasteiger charge is -2.08. The van der Waals surface area contributed by atoms with Crippen molar-refractivity contribution >= 4 is 17.7 Å². The van der Waals surface area contributed by atoms with E-state index in [-0.39, 0.29) is 5.91 Å². The zero-order valence-corrected chi connectivity index (χ0v) is 10.3. The van der Waals surface area contributed by atoms with Gasteiger partial charge in [-0.05, 0) is 12.0 Å². The highest BCUT2D eigenvalue weighted by molar-refractivity contribution is 6.24. The van der Waals surface area contributed by atoms with Gasteiger partial charge in [-0.25, -0.2) is 5.48 Å². The summed E-state index contributed by atoms with van der Waals surface area (Å²) in [6.07, 6.45) is 2.01. The Hall–Kier alpha value is -1.10. The molecule has 5 heteroatoms. The third-order valence-corrected chi connectivity index (χ3v) is 2.33. The summed E-state index contributed by atoms with van der Waals surface area (Å²) < 4.78 is 0. The molecule has 1 N–H and O–H groups in total. The maximum absolute atomic E-state index is 11.3. The summed E-state index contributed by atoms with van der Waals surface area (Å²) in [5.74, 6) is -0.115. The van der Waals surface area contributed by atoms with E-state index >= 15 is 0 Å². The first-order valence-corrected chi connectivity index (χ1v) is 5.89. The molecule has 0 bridgehead atoms. The zero-order chi connectivity index (χ0) is 12.3. The fraction of sp³-hybridized carbons (Fsp3) is 0.417. The van der Waals surface area contributed by atoms with Crippen LogP contribution < -0.4 is 5.48 Å². The van der Waals surface area contributed by atoms with Gasteiger partial charge in [0.2, 0.25) is 5.91 Å². The Kier molecular flexibility index (Phi) is 7.38. The van der Waals surface area contributed by atoms with Crippen LogP contribution in [0.2, 0.25) is 0 Å². The highest BCUT2D eigenvalue weighted by atomic mass is 35.5. The molecule has 0 aliphatic rings. The molecule has 1 amide bonds. The number of amides is 1. The van der Waals surface area contributed by atoms with Gasteiger partial charge in [0, 0.05) is 6.42 Å². The fourth-order valence-electron chi connectivity index (χ4n) is 1.28. The van der Waals surface area contributed by atoms with Crippen LogP contribution in [0, 0.1) is 0 Å². The number of carbonyl (C=O) groups excluding carboxylic acids is 1. The second-order valence-electron chi connectivity index (χ2n) is 3.60. The van der Waals surface area contributed by atoms with Gasteiger partial charge in [-0.15, -0.1) is 6.54 Å². The van der Waals surface area contributed by atoms with Crippen molar-refractivity contribution in [1.82, 2.24) is 5.48 Å². The summed E-state index contributed by atoms with van der Waals surface area (Å²) in [6, 6.07) is 9.67. The number of hydrogen-bond acceptors (Lipinski definition) is 2. The molecule has 0 aromatic heterocycles. The Morgan fingerprint density at radius 2 is 2.06 bits per heavy atom. The molecule has 0 spiro atoms. The maximum Gasteiger partial charge on any atom is 0.243 e. The van der Waals surface area contributed by atoms with Crippen molar-refractivity contribution in [3.8, 4) is 0 Å². The van der Waals surface area contributed by atoms with E-state index in [1.165, 1.54) is 0 Å². The van der Waals surface area contributed by atoms with Gasteiger partial charge >= 0.3 is 0 Å². The number of rotatable bonds is 8. The van der Waals surface area contributed by atoms with Crippen molar-refractivity contribution in [2.24, 2.45) is 0 Å². The Balaban J connectivity index is 2.04. The van der Waals surface area contributed by atoms with Crippen molar-refractivity contribution in [3.05, 3.63) is 40.7 Å². The lowest BCUT2D eigenvalue weighted by Crippen LogP contribution is -2.23. The summed E-state index contributed by atoms with van der Waals surface area (Å²) in [5.41, 5.74) is 3.43. The first-order valence-electron chi connectivity index (χ1n) is 5.55. The van der Waals surface area contributed by atoms with Gasteiger partial charge < -0.3 is 4.84 Å². The number of nitrogens with one attached hydrogen (secondary N) is 1. The van der Waals surface area contributed by atoms with Gasteiger partial charge in [0.05, 0.1) is 6.61 Å². The second kappa shape index (κ2) is 8.98. The molecule has 1 aromatic carbocycles. The lowest BCUT2D eigenvalue weighted by molar-refractivity contribution is -0.134.